The molecule has 1 aromatic heterocycles. The molecule has 8 heteroatoms. The van der Waals surface area contributed by atoms with Gasteiger partial charge in [-0.1, -0.05) is 22.0 Å². The molecule has 1 aliphatic heterocycles. The van der Waals surface area contributed by atoms with E-state index in [4.69, 9.17) is 4.74 Å². The predicted octanol–water partition coefficient (Wildman–Crippen LogP) is 3.61. The molecule has 1 saturated heterocycles. The molecule has 2 heterocycles. The smallest absolute Gasteiger partial charge is 0.329 e. The van der Waals surface area contributed by atoms with Crippen molar-refractivity contribution in [2.75, 3.05) is 18.5 Å². The van der Waals surface area contributed by atoms with Crippen molar-refractivity contribution < 1.29 is 19.1 Å². The number of nitrogens with one attached hydrogen (secondary N) is 1. The van der Waals surface area contributed by atoms with Crippen molar-refractivity contribution in [2.45, 2.75) is 25.8 Å². The lowest BCUT2D eigenvalue weighted by Crippen LogP contribution is -2.41. The molecule has 0 saturated carbocycles. The van der Waals surface area contributed by atoms with Crippen molar-refractivity contribution in [3.63, 3.8) is 0 Å². The topological polar surface area (TPSA) is 75.7 Å². The lowest BCUT2D eigenvalue weighted by molar-refractivity contribution is -0.151. The molecule has 2 amide bonds. The van der Waals surface area contributed by atoms with Gasteiger partial charge in [0.1, 0.15) is 6.04 Å². The zero-order valence-corrected chi connectivity index (χ0v) is 17.1. The number of halogens is 1. The van der Waals surface area contributed by atoms with Gasteiger partial charge < -0.3 is 15.0 Å². The third-order valence-electron chi connectivity index (χ3n) is 4.30. The van der Waals surface area contributed by atoms with E-state index in [1.165, 1.54) is 16.2 Å². The number of rotatable bonds is 5. The van der Waals surface area contributed by atoms with Gasteiger partial charge in [-0.2, -0.15) is 0 Å². The SMILES string of the molecule is Cc1cc(NC(=O)COC(=O)[C@@H]2CCCN2C(=O)c2cccs2)ccc1Br. The summed E-state index contributed by atoms with van der Waals surface area (Å²) in [6, 6.07) is 8.32. The number of ether oxygens (including phenoxy) is 1. The number of hydrogen-bond donors (Lipinski definition) is 1. The summed E-state index contributed by atoms with van der Waals surface area (Å²) in [5, 5.41) is 4.52. The number of carbonyl (C=O) groups is 3. The molecule has 1 N–H and O–H groups in total. The van der Waals surface area contributed by atoms with Crippen molar-refractivity contribution in [3.8, 4) is 0 Å². The lowest BCUT2D eigenvalue weighted by Gasteiger charge is -2.22. The second-order valence-corrected chi connectivity index (χ2v) is 8.06. The van der Waals surface area contributed by atoms with Gasteiger partial charge in [0.25, 0.3) is 11.8 Å². The number of anilines is 1. The number of amides is 2. The van der Waals surface area contributed by atoms with E-state index in [1.54, 1.807) is 18.2 Å². The zero-order valence-electron chi connectivity index (χ0n) is 14.7. The first-order valence-electron chi connectivity index (χ1n) is 8.53. The molecule has 142 valence electrons. The van der Waals surface area contributed by atoms with Crippen LogP contribution in [0.25, 0.3) is 0 Å². The van der Waals surface area contributed by atoms with Gasteiger partial charge >= 0.3 is 5.97 Å². The van der Waals surface area contributed by atoms with Gasteiger partial charge in [0, 0.05) is 16.7 Å². The molecule has 0 bridgehead atoms. The molecule has 3 rings (SSSR count). The quantitative estimate of drug-likeness (QED) is 0.705. The van der Waals surface area contributed by atoms with Crippen molar-refractivity contribution in [1.29, 1.82) is 0 Å². The Labute approximate surface area is 169 Å². The van der Waals surface area contributed by atoms with Gasteiger partial charge in [-0.05, 0) is 55.0 Å². The second kappa shape index (κ2) is 8.67. The van der Waals surface area contributed by atoms with Crippen LogP contribution in [0.15, 0.2) is 40.2 Å². The first kappa shape index (κ1) is 19.6. The summed E-state index contributed by atoms with van der Waals surface area (Å²) < 4.78 is 6.11. The highest BCUT2D eigenvalue weighted by atomic mass is 79.9. The van der Waals surface area contributed by atoms with Crippen LogP contribution in [0.4, 0.5) is 5.69 Å². The lowest BCUT2D eigenvalue weighted by atomic mass is 10.2. The molecule has 0 unspecified atom stereocenters. The molecule has 1 atom stereocenters. The van der Waals surface area contributed by atoms with Crippen LogP contribution in [-0.2, 0) is 14.3 Å². The fourth-order valence-electron chi connectivity index (χ4n) is 2.95. The van der Waals surface area contributed by atoms with E-state index in [0.717, 1.165) is 16.5 Å². The average Bonchev–Trinajstić information content (AvgIpc) is 3.34. The summed E-state index contributed by atoms with van der Waals surface area (Å²) in [5.74, 6) is -1.13. The largest absolute Gasteiger partial charge is 0.454 e. The van der Waals surface area contributed by atoms with Gasteiger partial charge in [-0.15, -0.1) is 11.3 Å². The average molecular weight is 451 g/mol. The summed E-state index contributed by atoms with van der Waals surface area (Å²) in [7, 11) is 0. The van der Waals surface area contributed by atoms with E-state index in [0.29, 0.717) is 23.5 Å². The van der Waals surface area contributed by atoms with Crippen LogP contribution in [0, 0.1) is 6.92 Å². The maximum absolute atomic E-state index is 12.5. The van der Waals surface area contributed by atoms with E-state index in [2.05, 4.69) is 21.2 Å². The Kier molecular flexibility index (Phi) is 6.28. The van der Waals surface area contributed by atoms with Crippen molar-refractivity contribution in [3.05, 3.63) is 50.6 Å². The number of thiophene rings is 1. The molecule has 1 aliphatic rings. The number of hydrogen-bond acceptors (Lipinski definition) is 5. The van der Waals surface area contributed by atoms with Crippen LogP contribution in [0.5, 0.6) is 0 Å². The molecule has 0 radical (unpaired) electrons. The molecular weight excluding hydrogens is 432 g/mol. The maximum atomic E-state index is 12.5. The molecule has 1 aromatic carbocycles. The Morgan fingerprint density at radius 3 is 2.85 bits per heavy atom. The number of carbonyl (C=O) groups excluding carboxylic acids is 3. The molecular formula is C19H19BrN2O4S. The Balaban J connectivity index is 1.54. The van der Waals surface area contributed by atoms with Crippen molar-refractivity contribution >= 4 is 50.7 Å². The monoisotopic (exact) mass is 450 g/mol. The molecule has 0 spiro atoms. The predicted molar refractivity (Wildman–Crippen MR) is 107 cm³/mol. The molecule has 1 fully saturated rings. The van der Waals surface area contributed by atoms with E-state index in [1.807, 2.05) is 24.4 Å². The van der Waals surface area contributed by atoms with Crippen LogP contribution < -0.4 is 5.32 Å². The van der Waals surface area contributed by atoms with Crippen LogP contribution >= 0.6 is 27.3 Å². The van der Waals surface area contributed by atoms with Crippen LogP contribution in [0.1, 0.15) is 28.1 Å². The summed E-state index contributed by atoms with van der Waals surface area (Å²) in [4.78, 5) is 39.1. The number of aryl methyl sites for hydroxylation is 1. The normalized spacial score (nSPS) is 16.2. The Hall–Kier alpha value is -2.19. The van der Waals surface area contributed by atoms with Gasteiger partial charge in [-0.3, -0.25) is 9.59 Å². The molecule has 0 aliphatic carbocycles. The number of benzene rings is 1. The van der Waals surface area contributed by atoms with Gasteiger partial charge in [0.2, 0.25) is 0 Å². The van der Waals surface area contributed by atoms with Crippen LogP contribution in [0.3, 0.4) is 0 Å². The van der Waals surface area contributed by atoms with E-state index in [9.17, 15) is 14.4 Å². The van der Waals surface area contributed by atoms with E-state index in [-0.39, 0.29) is 12.5 Å². The number of esters is 1. The van der Waals surface area contributed by atoms with Crippen molar-refractivity contribution in [1.82, 2.24) is 4.90 Å². The summed E-state index contributed by atoms with van der Waals surface area (Å²) >= 11 is 4.74. The van der Waals surface area contributed by atoms with Gasteiger partial charge in [0.15, 0.2) is 6.61 Å². The minimum Gasteiger partial charge on any atom is -0.454 e. The van der Waals surface area contributed by atoms with Gasteiger partial charge in [0.05, 0.1) is 4.88 Å². The highest BCUT2D eigenvalue weighted by Crippen LogP contribution is 2.23. The molecule has 2 aromatic rings. The summed E-state index contributed by atoms with van der Waals surface area (Å²) in [6.07, 6.45) is 1.28. The number of nitrogens with zero attached hydrogens (tertiary/aromatic N) is 1. The minimum atomic E-state index is -0.637. The molecule has 27 heavy (non-hydrogen) atoms. The Bertz CT molecular complexity index is 853. The van der Waals surface area contributed by atoms with Crippen LogP contribution in [0.2, 0.25) is 0 Å². The fraction of sp³-hybridized carbons (Fsp3) is 0.316. The summed E-state index contributed by atoms with van der Waals surface area (Å²) in [5.41, 5.74) is 1.62. The second-order valence-electron chi connectivity index (χ2n) is 6.25. The Morgan fingerprint density at radius 2 is 2.15 bits per heavy atom. The number of likely N-dealkylation sites (tertiary alicyclic amines) is 1. The standard InChI is InChI=1S/C19H19BrN2O4S/c1-12-10-13(6-7-14(12)20)21-17(23)11-26-19(25)15-4-2-8-22(15)18(24)16-5-3-9-27-16/h3,5-7,9-10,15H,2,4,8,11H2,1H3,(H,21,23)/t15-/m0/s1. The summed E-state index contributed by atoms with van der Waals surface area (Å²) in [6.45, 7) is 2.05. The first-order chi connectivity index (χ1) is 13.0. The highest BCUT2D eigenvalue weighted by Gasteiger charge is 2.36. The first-order valence-corrected chi connectivity index (χ1v) is 10.2. The Morgan fingerprint density at radius 1 is 1.33 bits per heavy atom. The van der Waals surface area contributed by atoms with Crippen LogP contribution in [-0.4, -0.2) is 41.9 Å². The molecule has 6 nitrogen and oxygen atoms in total. The zero-order chi connectivity index (χ0) is 19.4. The minimum absolute atomic E-state index is 0.167. The maximum Gasteiger partial charge on any atom is 0.329 e. The third kappa shape index (κ3) is 4.75. The highest BCUT2D eigenvalue weighted by molar-refractivity contribution is 9.10. The van der Waals surface area contributed by atoms with Gasteiger partial charge in [-0.25, -0.2) is 4.79 Å². The fourth-order valence-corrected chi connectivity index (χ4v) is 3.87. The third-order valence-corrected chi connectivity index (χ3v) is 6.05. The van der Waals surface area contributed by atoms with E-state index < -0.39 is 17.9 Å². The van der Waals surface area contributed by atoms with E-state index >= 15 is 0 Å². The van der Waals surface area contributed by atoms with Crippen molar-refractivity contribution in [2.24, 2.45) is 0 Å².